The zero-order chi connectivity index (χ0) is 9.97. The molecule has 0 bridgehead atoms. The summed E-state index contributed by atoms with van der Waals surface area (Å²) in [7, 11) is 1.64. The van der Waals surface area contributed by atoms with Gasteiger partial charge in [0.25, 0.3) is 0 Å². The van der Waals surface area contributed by atoms with Gasteiger partial charge < -0.3 is 10.5 Å². The molecule has 0 aliphatic carbocycles. The maximum absolute atomic E-state index is 5.64. The van der Waals surface area contributed by atoms with Crippen LogP contribution < -0.4 is 5.73 Å². The summed E-state index contributed by atoms with van der Waals surface area (Å²) < 4.78 is 6.76. The van der Waals surface area contributed by atoms with Crippen LogP contribution in [-0.2, 0) is 17.9 Å². The number of nitrogens with two attached hydrogens (primary N) is 1. The van der Waals surface area contributed by atoms with Gasteiger partial charge in [-0.2, -0.15) is 5.10 Å². The van der Waals surface area contributed by atoms with Crippen molar-refractivity contribution in [2.75, 3.05) is 7.11 Å². The zero-order valence-electron chi connectivity index (χ0n) is 7.97. The summed E-state index contributed by atoms with van der Waals surface area (Å²) in [5, 5.41) is 4.32. The van der Waals surface area contributed by atoms with E-state index in [1.165, 1.54) is 0 Å². The lowest BCUT2D eigenvalue weighted by molar-refractivity contribution is 0.180. The Labute approximate surface area is 81.5 Å². The highest BCUT2D eigenvalue weighted by Gasteiger charge is 2.10. The number of hydrogen-bond acceptors (Lipinski definition) is 4. The topological polar surface area (TPSA) is 65.4 Å². The fourth-order valence-corrected chi connectivity index (χ4v) is 1.44. The average molecular weight is 192 g/mol. The van der Waals surface area contributed by atoms with Gasteiger partial charge in [-0.25, -0.2) is 9.50 Å². The highest BCUT2D eigenvalue weighted by Crippen LogP contribution is 2.13. The molecular formula is C9H12N4O. The van der Waals surface area contributed by atoms with Crippen LogP contribution >= 0.6 is 0 Å². The van der Waals surface area contributed by atoms with Crippen molar-refractivity contribution in [3.05, 3.63) is 29.7 Å². The molecule has 0 unspecified atom stereocenters. The average Bonchev–Trinajstić information content (AvgIpc) is 2.55. The molecule has 0 atom stereocenters. The molecule has 2 heterocycles. The molecule has 0 aliphatic rings. The van der Waals surface area contributed by atoms with Crippen LogP contribution in [0.1, 0.15) is 11.3 Å². The Morgan fingerprint density at radius 1 is 1.57 bits per heavy atom. The van der Waals surface area contributed by atoms with E-state index < -0.39 is 0 Å². The van der Waals surface area contributed by atoms with Crippen molar-refractivity contribution in [2.45, 2.75) is 13.2 Å². The summed E-state index contributed by atoms with van der Waals surface area (Å²) in [6, 6.07) is 1.83. The molecule has 0 saturated heterocycles. The predicted octanol–water partition coefficient (Wildman–Crippen LogP) is 0.334. The quantitative estimate of drug-likeness (QED) is 0.761. The van der Waals surface area contributed by atoms with Crippen molar-refractivity contribution < 1.29 is 4.74 Å². The van der Waals surface area contributed by atoms with E-state index >= 15 is 0 Å². The third-order valence-electron chi connectivity index (χ3n) is 2.06. The predicted molar refractivity (Wildman–Crippen MR) is 51.6 cm³/mol. The van der Waals surface area contributed by atoms with E-state index in [9.17, 15) is 0 Å². The first-order chi connectivity index (χ1) is 6.86. The third-order valence-corrected chi connectivity index (χ3v) is 2.06. The molecule has 5 heteroatoms. The van der Waals surface area contributed by atoms with Crippen LogP contribution in [0, 0.1) is 0 Å². The highest BCUT2D eigenvalue weighted by atomic mass is 16.5. The second-order valence-corrected chi connectivity index (χ2v) is 2.95. The molecule has 2 N–H and O–H groups in total. The van der Waals surface area contributed by atoms with Gasteiger partial charge in [0.05, 0.1) is 12.3 Å². The van der Waals surface area contributed by atoms with E-state index in [0.29, 0.717) is 13.2 Å². The SMILES string of the molecule is COCc1nn2cccnc2c1CN. The molecule has 0 fully saturated rings. The Morgan fingerprint density at radius 2 is 2.43 bits per heavy atom. The number of hydrogen-bond donors (Lipinski definition) is 1. The lowest BCUT2D eigenvalue weighted by Gasteiger charge is -1.96. The molecular weight excluding hydrogens is 180 g/mol. The highest BCUT2D eigenvalue weighted by molar-refractivity contribution is 5.49. The van der Waals surface area contributed by atoms with Crippen molar-refractivity contribution in [1.29, 1.82) is 0 Å². The maximum atomic E-state index is 5.64. The molecule has 2 rings (SSSR count). The van der Waals surface area contributed by atoms with Crippen LogP contribution in [0.15, 0.2) is 18.5 Å². The van der Waals surface area contributed by atoms with Gasteiger partial charge >= 0.3 is 0 Å². The smallest absolute Gasteiger partial charge is 0.159 e. The van der Waals surface area contributed by atoms with Gasteiger partial charge in [0.1, 0.15) is 0 Å². The molecule has 0 spiro atoms. The Balaban J connectivity index is 2.60. The fourth-order valence-electron chi connectivity index (χ4n) is 1.44. The summed E-state index contributed by atoms with van der Waals surface area (Å²) >= 11 is 0. The first-order valence-corrected chi connectivity index (χ1v) is 4.37. The summed E-state index contributed by atoms with van der Waals surface area (Å²) in [5.41, 5.74) is 8.26. The van der Waals surface area contributed by atoms with Crippen molar-refractivity contribution in [2.24, 2.45) is 5.73 Å². The van der Waals surface area contributed by atoms with Crippen LogP contribution in [0.25, 0.3) is 5.65 Å². The van der Waals surface area contributed by atoms with Crippen LogP contribution in [-0.4, -0.2) is 21.7 Å². The monoisotopic (exact) mass is 192 g/mol. The second-order valence-electron chi connectivity index (χ2n) is 2.95. The number of aromatic nitrogens is 3. The summed E-state index contributed by atoms with van der Waals surface area (Å²) in [4.78, 5) is 4.22. The molecule has 0 amide bonds. The number of nitrogens with zero attached hydrogens (tertiary/aromatic N) is 3. The van der Waals surface area contributed by atoms with E-state index in [1.807, 2.05) is 12.3 Å². The second kappa shape index (κ2) is 3.73. The number of rotatable bonds is 3. The first-order valence-electron chi connectivity index (χ1n) is 4.37. The van der Waals surface area contributed by atoms with Crippen LogP contribution in [0.3, 0.4) is 0 Å². The summed E-state index contributed by atoms with van der Waals surface area (Å²) in [5.74, 6) is 0. The van der Waals surface area contributed by atoms with Crippen LogP contribution in [0.4, 0.5) is 0 Å². The molecule has 2 aromatic heterocycles. The Morgan fingerprint density at radius 3 is 3.14 bits per heavy atom. The minimum atomic E-state index is 0.430. The van der Waals surface area contributed by atoms with Gasteiger partial charge in [0.15, 0.2) is 5.65 Å². The largest absolute Gasteiger partial charge is 0.378 e. The molecule has 0 aliphatic heterocycles. The molecule has 0 radical (unpaired) electrons. The third kappa shape index (κ3) is 1.36. The number of ether oxygens (including phenoxy) is 1. The molecule has 2 aromatic rings. The van der Waals surface area contributed by atoms with E-state index in [2.05, 4.69) is 10.1 Å². The van der Waals surface area contributed by atoms with E-state index in [-0.39, 0.29) is 0 Å². The van der Waals surface area contributed by atoms with Gasteiger partial charge in [-0.1, -0.05) is 0 Å². The van der Waals surface area contributed by atoms with Gasteiger partial charge in [-0.15, -0.1) is 0 Å². The fraction of sp³-hybridized carbons (Fsp3) is 0.333. The van der Waals surface area contributed by atoms with Crippen molar-refractivity contribution >= 4 is 5.65 Å². The molecule has 0 aromatic carbocycles. The van der Waals surface area contributed by atoms with Gasteiger partial charge in [0, 0.05) is 31.6 Å². The van der Waals surface area contributed by atoms with Crippen molar-refractivity contribution in [3.8, 4) is 0 Å². The van der Waals surface area contributed by atoms with Crippen LogP contribution in [0.2, 0.25) is 0 Å². The van der Waals surface area contributed by atoms with Crippen molar-refractivity contribution in [3.63, 3.8) is 0 Å². The van der Waals surface area contributed by atoms with Gasteiger partial charge in [-0.05, 0) is 6.07 Å². The van der Waals surface area contributed by atoms with E-state index in [0.717, 1.165) is 16.9 Å². The maximum Gasteiger partial charge on any atom is 0.159 e. The minimum absolute atomic E-state index is 0.430. The Kier molecular flexibility index (Phi) is 2.43. The van der Waals surface area contributed by atoms with E-state index in [4.69, 9.17) is 10.5 Å². The molecule has 5 nitrogen and oxygen atoms in total. The lowest BCUT2D eigenvalue weighted by Crippen LogP contribution is -2.01. The summed E-state index contributed by atoms with van der Waals surface area (Å²) in [6.07, 6.45) is 3.58. The number of methoxy groups -OCH3 is 1. The van der Waals surface area contributed by atoms with Crippen LogP contribution in [0.5, 0.6) is 0 Å². The normalized spacial score (nSPS) is 11.0. The first kappa shape index (κ1) is 9.11. The van der Waals surface area contributed by atoms with E-state index in [1.54, 1.807) is 17.8 Å². The molecule has 14 heavy (non-hydrogen) atoms. The standard InChI is InChI=1S/C9H12N4O/c1-14-6-8-7(5-10)9-11-3-2-4-13(9)12-8/h2-4H,5-6,10H2,1H3. The summed E-state index contributed by atoms with van der Waals surface area (Å²) in [6.45, 7) is 0.898. The molecule has 0 saturated carbocycles. The van der Waals surface area contributed by atoms with Crippen molar-refractivity contribution in [1.82, 2.24) is 14.6 Å². The minimum Gasteiger partial charge on any atom is -0.378 e. The van der Waals surface area contributed by atoms with Gasteiger partial charge in [-0.3, -0.25) is 0 Å². The Bertz CT molecular complexity index is 437. The van der Waals surface area contributed by atoms with Gasteiger partial charge in [0.2, 0.25) is 0 Å². The lowest BCUT2D eigenvalue weighted by atomic mass is 10.2. The Hall–Kier alpha value is -1.46. The zero-order valence-corrected chi connectivity index (χ0v) is 7.97. The molecule has 74 valence electrons. The number of fused-ring (bicyclic) bond motifs is 1.